The Morgan fingerprint density at radius 1 is 1.31 bits per heavy atom. The van der Waals surface area contributed by atoms with Gasteiger partial charge in [0.2, 0.25) is 0 Å². The maximum atomic E-state index is 14.4. The molecule has 4 rings (SSSR count). The van der Waals surface area contributed by atoms with Crippen molar-refractivity contribution in [3.05, 3.63) is 52.7 Å². The van der Waals surface area contributed by atoms with Crippen molar-refractivity contribution in [2.75, 3.05) is 22.7 Å². The lowest BCUT2D eigenvalue weighted by Crippen LogP contribution is -2.26. The predicted octanol–water partition coefficient (Wildman–Crippen LogP) is 2.74. The number of hydrogen-bond acceptors (Lipinski definition) is 6. The third kappa shape index (κ3) is 3.63. The summed E-state index contributed by atoms with van der Waals surface area (Å²) in [5, 5.41) is 11.4. The molecule has 1 saturated heterocycles. The maximum absolute atomic E-state index is 14.4. The first-order chi connectivity index (χ1) is 13.6. The zero-order chi connectivity index (χ0) is 21.0. The standard InChI is InChI=1S/C19H20FN3O4S2/c1-19(2)10-23(9-15(19)24)16-3-4-17(28-16)29(26,27)22-14-8-12-11(7-13(14)20)5-6-21-18(12)25/h3-8,15,22,24H,9-10H2,1-2H3,(H,21,25)/t15-/m1/s1. The zero-order valence-electron chi connectivity index (χ0n) is 15.8. The summed E-state index contributed by atoms with van der Waals surface area (Å²) in [6.45, 7) is 4.93. The molecule has 0 spiro atoms. The number of anilines is 2. The monoisotopic (exact) mass is 437 g/mol. The lowest BCUT2D eigenvalue weighted by atomic mass is 9.90. The van der Waals surface area contributed by atoms with Crippen molar-refractivity contribution < 1.29 is 17.9 Å². The number of hydrogen-bond donors (Lipinski definition) is 3. The first kappa shape index (κ1) is 19.9. The van der Waals surface area contributed by atoms with Crippen LogP contribution in [0.4, 0.5) is 15.1 Å². The molecule has 7 nitrogen and oxygen atoms in total. The van der Waals surface area contributed by atoms with Crippen LogP contribution in [0.15, 0.2) is 45.5 Å². The molecule has 1 aliphatic heterocycles. The first-order valence-electron chi connectivity index (χ1n) is 8.93. The molecule has 0 aliphatic carbocycles. The number of fused-ring (bicyclic) bond motifs is 1. The molecule has 0 unspecified atom stereocenters. The van der Waals surface area contributed by atoms with Crippen LogP contribution in [0.5, 0.6) is 0 Å². The number of halogens is 1. The van der Waals surface area contributed by atoms with E-state index in [-0.39, 0.29) is 20.7 Å². The highest BCUT2D eigenvalue weighted by atomic mass is 32.2. The van der Waals surface area contributed by atoms with Gasteiger partial charge in [0, 0.05) is 30.1 Å². The quantitative estimate of drug-likeness (QED) is 0.583. The van der Waals surface area contributed by atoms with Gasteiger partial charge in [-0.2, -0.15) is 0 Å². The zero-order valence-corrected chi connectivity index (χ0v) is 17.4. The molecule has 10 heteroatoms. The van der Waals surface area contributed by atoms with Crippen molar-refractivity contribution in [1.29, 1.82) is 0 Å². The largest absolute Gasteiger partial charge is 0.391 e. The van der Waals surface area contributed by atoms with Crippen LogP contribution in [0.1, 0.15) is 13.8 Å². The molecular weight excluding hydrogens is 417 g/mol. The summed E-state index contributed by atoms with van der Waals surface area (Å²) < 4.78 is 42.2. The number of aromatic amines is 1. The lowest BCUT2D eigenvalue weighted by molar-refractivity contribution is 0.0964. The molecule has 3 N–H and O–H groups in total. The van der Waals surface area contributed by atoms with Crippen LogP contribution in [0.2, 0.25) is 0 Å². The topological polar surface area (TPSA) is 103 Å². The summed E-state index contributed by atoms with van der Waals surface area (Å²) in [6.07, 6.45) is 0.894. The second-order valence-corrected chi connectivity index (χ2v) is 10.8. The molecule has 0 saturated carbocycles. The van der Waals surface area contributed by atoms with E-state index < -0.39 is 27.5 Å². The Morgan fingerprint density at radius 3 is 2.76 bits per heavy atom. The molecule has 0 bridgehead atoms. The highest BCUT2D eigenvalue weighted by Gasteiger charge is 2.39. The van der Waals surface area contributed by atoms with Crippen molar-refractivity contribution in [1.82, 2.24) is 4.98 Å². The number of pyridine rings is 1. The van der Waals surface area contributed by atoms with Crippen LogP contribution >= 0.6 is 11.3 Å². The number of β-amino-alcohol motifs (C(OH)–C–C–N with tert-alkyl or cyclic N) is 1. The molecule has 1 aliphatic rings. The summed E-state index contributed by atoms with van der Waals surface area (Å²) in [5.41, 5.74) is -1.01. The van der Waals surface area contributed by atoms with Gasteiger partial charge in [-0.25, -0.2) is 12.8 Å². The fraction of sp³-hybridized carbons (Fsp3) is 0.316. The van der Waals surface area contributed by atoms with E-state index in [1.807, 2.05) is 18.7 Å². The van der Waals surface area contributed by atoms with Crippen molar-refractivity contribution in [2.45, 2.75) is 24.2 Å². The third-order valence-electron chi connectivity index (χ3n) is 5.14. The Balaban J connectivity index is 1.63. The Labute approximate surface area is 170 Å². The second kappa shape index (κ2) is 6.82. The van der Waals surface area contributed by atoms with Crippen LogP contribution < -0.4 is 15.2 Å². The van der Waals surface area contributed by atoms with Gasteiger partial charge in [-0.15, -0.1) is 11.3 Å². The summed E-state index contributed by atoms with van der Waals surface area (Å²) >= 11 is 1.05. The highest BCUT2D eigenvalue weighted by molar-refractivity contribution is 7.94. The van der Waals surface area contributed by atoms with E-state index in [4.69, 9.17) is 0 Å². The number of rotatable bonds is 4. The fourth-order valence-corrected chi connectivity index (χ4v) is 5.75. The van der Waals surface area contributed by atoms with Crippen LogP contribution in [-0.2, 0) is 10.0 Å². The molecular formula is C19H20FN3O4S2. The SMILES string of the molecule is CC1(C)CN(c2ccc(S(=O)(=O)Nc3cc4c(=O)[nH]ccc4cc3F)s2)C[C@H]1O. The van der Waals surface area contributed by atoms with E-state index >= 15 is 0 Å². The minimum absolute atomic E-state index is 0.0214. The van der Waals surface area contributed by atoms with Gasteiger partial charge in [0.15, 0.2) is 0 Å². The van der Waals surface area contributed by atoms with E-state index in [2.05, 4.69) is 9.71 Å². The Morgan fingerprint density at radius 2 is 2.07 bits per heavy atom. The molecule has 0 radical (unpaired) electrons. The molecule has 1 fully saturated rings. The van der Waals surface area contributed by atoms with Gasteiger partial charge in [0.25, 0.3) is 15.6 Å². The van der Waals surface area contributed by atoms with Gasteiger partial charge in [0.1, 0.15) is 10.0 Å². The average Bonchev–Trinajstić information content (AvgIpc) is 3.22. The number of aliphatic hydroxyl groups is 1. The normalized spacial score (nSPS) is 19.0. The summed E-state index contributed by atoms with van der Waals surface area (Å²) in [5.74, 6) is -0.770. The molecule has 29 heavy (non-hydrogen) atoms. The Hall–Kier alpha value is -2.43. The van der Waals surface area contributed by atoms with Crippen molar-refractivity contribution in [3.63, 3.8) is 0 Å². The Bertz CT molecular complexity index is 1250. The van der Waals surface area contributed by atoms with E-state index in [0.717, 1.165) is 17.4 Å². The number of H-pyrrole nitrogens is 1. The van der Waals surface area contributed by atoms with E-state index in [1.54, 1.807) is 6.07 Å². The van der Waals surface area contributed by atoms with Crippen molar-refractivity contribution >= 4 is 42.8 Å². The lowest BCUT2D eigenvalue weighted by Gasteiger charge is -2.21. The van der Waals surface area contributed by atoms with Crippen LogP contribution in [0, 0.1) is 11.2 Å². The number of aromatic nitrogens is 1. The van der Waals surface area contributed by atoms with Gasteiger partial charge >= 0.3 is 0 Å². The molecule has 2 aromatic heterocycles. The molecule has 3 aromatic rings. The van der Waals surface area contributed by atoms with Gasteiger partial charge in [0.05, 0.1) is 16.8 Å². The predicted molar refractivity (Wildman–Crippen MR) is 112 cm³/mol. The maximum Gasteiger partial charge on any atom is 0.271 e. The minimum Gasteiger partial charge on any atom is -0.391 e. The van der Waals surface area contributed by atoms with Crippen LogP contribution in [0.25, 0.3) is 10.8 Å². The number of aliphatic hydroxyl groups excluding tert-OH is 1. The second-order valence-electron chi connectivity index (χ2n) is 7.81. The van der Waals surface area contributed by atoms with E-state index in [9.17, 15) is 22.7 Å². The fourth-order valence-electron chi connectivity index (χ4n) is 3.39. The number of nitrogens with one attached hydrogen (secondary N) is 2. The van der Waals surface area contributed by atoms with Gasteiger partial charge in [-0.3, -0.25) is 9.52 Å². The molecule has 0 amide bonds. The smallest absolute Gasteiger partial charge is 0.271 e. The number of nitrogens with zero attached hydrogens (tertiary/aromatic N) is 1. The van der Waals surface area contributed by atoms with Crippen molar-refractivity contribution in [3.8, 4) is 0 Å². The van der Waals surface area contributed by atoms with E-state index in [0.29, 0.717) is 23.5 Å². The number of thiophene rings is 1. The molecule has 1 aromatic carbocycles. The Kier molecular flexibility index (Phi) is 4.67. The third-order valence-corrected chi connectivity index (χ3v) is 8.15. The number of benzene rings is 1. The van der Waals surface area contributed by atoms with E-state index in [1.165, 1.54) is 24.4 Å². The van der Waals surface area contributed by atoms with Gasteiger partial charge in [-0.1, -0.05) is 13.8 Å². The highest BCUT2D eigenvalue weighted by Crippen LogP contribution is 2.38. The summed E-state index contributed by atoms with van der Waals surface area (Å²) in [6, 6.07) is 6.97. The van der Waals surface area contributed by atoms with Gasteiger partial charge < -0.3 is 15.0 Å². The number of sulfonamides is 1. The average molecular weight is 438 g/mol. The first-order valence-corrected chi connectivity index (χ1v) is 11.2. The minimum atomic E-state index is -4.04. The molecule has 1 atom stereocenters. The molecule has 3 heterocycles. The summed E-state index contributed by atoms with van der Waals surface area (Å²) in [4.78, 5) is 16.3. The van der Waals surface area contributed by atoms with Gasteiger partial charge in [-0.05, 0) is 35.7 Å². The molecule has 154 valence electrons. The summed E-state index contributed by atoms with van der Waals surface area (Å²) in [7, 11) is -4.04. The van der Waals surface area contributed by atoms with Crippen LogP contribution in [-0.4, -0.2) is 37.7 Å². The van der Waals surface area contributed by atoms with Crippen LogP contribution in [0.3, 0.4) is 0 Å². The van der Waals surface area contributed by atoms with Crippen molar-refractivity contribution in [2.24, 2.45) is 5.41 Å².